The lowest BCUT2D eigenvalue weighted by Crippen LogP contribution is -2.39. The van der Waals surface area contributed by atoms with E-state index in [0.717, 1.165) is 11.1 Å². The number of methoxy groups -OCH3 is 1. The van der Waals surface area contributed by atoms with E-state index in [0.29, 0.717) is 13.1 Å². The predicted octanol–water partition coefficient (Wildman–Crippen LogP) is 0.629. The van der Waals surface area contributed by atoms with Crippen LogP contribution in [0.5, 0.6) is 0 Å². The molecule has 0 saturated carbocycles. The van der Waals surface area contributed by atoms with Crippen LogP contribution < -0.4 is 5.76 Å². The summed E-state index contributed by atoms with van der Waals surface area (Å²) in [5.74, 6) is -0.594. The lowest BCUT2D eigenvalue weighted by atomic mass is 10.1. The van der Waals surface area contributed by atoms with Gasteiger partial charge in [0.25, 0.3) is 0 Å². The van der Waals surface area contributed by atoms with Crippen LogP contribution in [0.1, 0.15) is 16.3 Å². The summed E-state index contributed by atoms with van der Waals surface area (Å²) < 4.78 is 10.8. The van der Waals surface area contributed by atoms with Crippen LogP contribution in [0.2, 0.25) is 0 Å². The van der Waals surface area contributed by atoms with Gasteiger partial charge in [-0.15, -0.1) is 16.4 Å². The van der Waals surface area contributed by atoms with Crippen molar-refractivity contribution >= 4 is 17.2 Å². The zero-order valence-electron chi connectivity index (χ0n) is 11.6. The fourth-order valence-corrected chi connectivity index (χ4v) is 3.21. The van der Waals surface area contributed by atoms with Crippen molar-refractivity contribution < 1.29 is 13.9 Å². The van der Waals surface area contributed by atoms with Crippen molar-refractivity contribution in [1.29, 1.82) is 0 Å². The minimum atomic E-state index is -0.636. The van der Waals surface area contributed by atoms with Gasteiger partial charge in [0, 0.05) is 25.1 Å². The summed E-state index contributed by atoms with van der Waals surface area (Å²) in [7, 11) is 1.48. The van der Waals surface area contributed by atoms with Crippen molar-refractivity contribution in [1.82, 2.24) is 14.7 Å². The van der Waals surface area contributed by atoms with E-state index >= 15 is 0 Å². The van der Waals surface area contributed by atoms with Crippen molar-refractivity contribution in [3.8, 4) is 0 Å². The Labute approximate surface area is 124 Å². The van der Waals surface area contributed by atoms with Gasteiger partial charge in [-0.1, -0.05) is 0 Å². The maximum absolute atomic E-state index is 12.3. The number of amides is 1. The average molecular weight is 309 g/mol. The summed E-state index contributed by atoms with van der Waals surface area (Å²) in [6.45, 7) is 1.27. The largest absolute Gasteiger partial charge is 0.437 e. The molecule has 0 fully saturated rings. The molecular weight excluding hydrogens is 294 g/mol. The molecule has 0 radical (unpaired) electrons. The van der Waals surface area contributed by atoms with Crippen molar-refractivity contribution in [3.05, 3.63) is 38.3 Å². The van der Waals surface area contributed by atoms with E-state index in [4.69, 9.17) is 9.15 Å². The molecule has 112 valence electrons. The van der Waals surface area contributed by atoms with Gasteiger partial charge >= 0.3 is 5.76 Å². The van der Waals surface area contributed by atoms with Crippen LogP contribution in [-0.2, 0) is 35.6 Å². The number of ether oxygens (including phenoxy) is 1. The van der Waals surface area contributed by atoms with Crippen LogP contribution in [0, 0.1) is 0 Å². The molecule has 7 nitrogen and oxygen atoms in total. The third-order valence-corrected chi connectivity index (χ3v) is 4.38. The minimum Gasteiger partial charge on any atom is -0.390 e. The molecule has 0 bridgehead atoms. The number of fused-ring (bicyclic) bond motifs is 1. The summed E-state index contributed by atoms with van der Waals surface area (Å²) >= 11 is 1.72. The van der Waals surface area contributed by atoms with E-state index in [9.17, 15) is 9.59 Å². The van der Waals surface area contributed by atoms with Gasteiger partial charge in [0.05, 0.1) is 0 Å². The third kappa shape index (κ3) is 2.91. The number of nitrogens with zero attached hydrogens (tertiary/aromatic N) is 3. The van der Waals surface area contributed by atoms with Crippen LogP contribution in [0.25, 0.3) is 0 Å². The molecular formula is C13H15N3O4S. The van der Waals surface area contributed by atoms with Crippen molar-refractivity contribution in [2.24, 2.45) is 0 Å². The zero-order valence-corrected chi connectivity index (χ0v) is 12.4. The molecule has 0 aliphatic carbocycles. The lowest BCUT2D eigenvalue weighted by molar-refractivity contribution is -0.133. The second-order valence-corrected chi connectivity index (χ2v) is 5.79. The fraction of sp³-hybridized carbons (Fsp3) is 0.462. The summed E-state index contributed by atoms with van der Waals surface area (Å²) in [6, 6.07) is 2.04. The first-order chi connectivity index (χ1) is 10.2. The zero-order chi connectivity index (χ0) is 14.8. The molecule has 1 aliphatic heterocycles. The molecule has 2 aromatic heterocycles. The fourth-order valence-electron chi connectivity index (χ4n) is 2.32. The molecule has 0 saturated heterocycles. The molecule has 0 N–H and O–H groups in total. The van der Waals surface area contributed by atoms with Crippen molar-refractivity contribution in [2.75, 3.05) is 13.7 Å². The Morgan fingerprint density at radius 2 is 2.43 bits per heavy atom. The third-order valence-electron chi connectivity index (χ3n) is 3.36. The summed E-state index contributed by atoms with van der Waals surface area (Å²) in [5.41, 5.74) is 1.19. The van der Waals surface area contributed by atoms with E-state index in [2.05, 4.69) is 5.10 Å². The van der Waals surface area contributed by atoms with E-state index in [1.807, 2.05) is 11.4 Å². The molecule has 0 spiro atoms. The summed E-state index contributed by atoms with van der Waals surface area (Å²) in [4.78, 5) is 27.0. The number of rotatable bonds is 4. The van der Waals surface area contributed by atoms with Gasteiger partial charge in [-0.25, -0.2) is 4.79 Å². The average Bonchev–Trinajstić information content (AvgIpc) is 3.05. The summed E-state index contributed by atoms with van der Waals surface area (Å²) in [6.07, 6.45) is 0.862. The number of thiophene rings is 1. The Morgan fingerprint density at radius 3 is 3.24 bits per heavy atom. The van der Waals surface area contributed by atoms with Gasteiger partial charge in [0.1, 0.15) is 13.2 Å². The Balaban J connectivity index is 1.68. The minimum absolute atomic E-state index is 0.106. The highest BCUT2D eigenvalue weighted by atomic mass is 32.1. The predicted molar refractivity (Wildman–Crippen MR) is 74.9 cm³/mol. The Bertz CT molecular complexity index is 702. The number of carbonyl (C=O) groups is 1. The van der Waals surface area contributed by atoms with Gasteiger partial charge in [0.2, 0.25) is 11.8 Å². The number of hydrogen-bond acceptors (Lipinski definition) is 6. The molecule has 21 heavy (non-hydrogen) atoms. The van der Waals surface area contributed by atoms with E-state index < -0.39 is 5.76 Å². The van der Waals surface area contributed by atoms with Crippen molar-refractivity contribution in [2.45, 2.75) is 26.1 Å². The second-order valence-electron chi connectivity index (χ2n) is 4.79. The first kappa shape index (κ1) is 14.0. The molecule has 8 heteroatoms. The smallest absolute Gasteiger partial charge is 0.390 e. The highest BCUT2D eigenvalue weighted by Gasteiger charge is 2.22. The Hall–Kier alpha value is -1.93. The normalized spacial score (nSPS) is 14.2. The summed E-state index contributed by atoms with van der Waals surface area (Å²) in [5, 5.41) is 5.98. The maximum Gasteiger partial charge on any atom is 0.437 e. The SMILES string of the molecule is COCc1nn(CC(=O)N2CCc3sccc3C2)c(=O)o1. The first-order valence-corrected chi connectivity index (χ1v) is 7.44. The molecule has 0 atom stereocenters. The lowest BCUT2D eigenvalue weighted by Gasteiger charge is -2.26. The highest BCUT2D eigenvalue weighted by Crippen LogP contribution is 2.23. The van der Waals surface area contributed by atoms with Crippen LogP contribution in [-0.4, -0.2) is 34.2 Å². The van der Waals surface area contributed by atoms with Crippen LogP contribution >= 0.6 is 11.3 Å². The maximum atomic E-state index is 12.3. The number of aromatic nitrogens is 2. The molecule has 0 unspecified atom stereocenters. The number of hydrogen-bond donors (Lipinski definition) is 0. The highest BCUT2D eigenvalue weighted by molar-refractivity contribution is 7.10. The van der Waals surface area contributed by atoms with Gasteiger partial charge in [-0.05, 0) is 23.4 Å². The van der Waals surface area contributed by atoms with E-state index in [-0.39, 0.29) is 24.9 Å². The van der Waals surface area contributed by atoms with Crippen molar-refractivity contribution in [3.63, 3.8) is 0 Å². The monoisotopic (exact) mass is 309 g/mol. The van der Waals surface area contributed by atoms with E-state index in [1.165, 1.54) is 17.6 Å². The Kier molecular flexibility index (Phi) is 3.89. The van der Waals surface area contributed by atoms with Crippen LogP contribution in [0.15, 0.2) is 20.7 Å². The first-order valence-electron chi connectivity index (χ1n) is 6.56. The van der Waals surface area contributed by atoms with Gasteiger partial charge in [0.15, 0.2) is 0 Å². The van der Waals surface area contributed by atoms with Crippen LogP contribution in [0.4, 0.5) is 0 Å². The second kappa shape index (κ2) is 5.82. The van der Waals surface area contributed by atoms with Crippen LogP contribution in [0.3, 0.4) is 0 Å². The number of carbonyl (C=O) groups excluding carboxylic acids is 1. The quantitative estimate of drug-likeness (QED) is 0.828. The van der Waals surface area contributed by atoms with Gasteiger partial charge in [-0.3, -0.25) is 4.79 Å². The standard InChI is InChI=1S/C13H15N3O4S/c1-19-8-11-14-16(13(18)20-11)7-12(17)15-4-2-10-9(6-15)3-5-21-10/h3,5H,2,4,6-8H2,1H3. The van der Waals surface area contributed by atoms with Gasteiger partial charge in [-0.2, -0.15) is 4.68 Å². The molecule has 2 aromatic rings. The van der Waals surface area contributed by atoms with E-state index in [1.54, 1.807) is 16.2 Å². The Morgan fingerprint density at radius 1 is 1.57 bits per heavy atom. The van der Waals surface area contributed by atoms with Gasteiger partial charge < -0.3 is 14.1 Å². The topological polar surface area (TPSA) is 77.6 Å². The molecule has 3 heterocycles. The molecule has 3 rings (SSSR count). The molecule has 1 aliphatic rings. The molecule has 1 amide bonds. The molecule has 0 aromatic carbocycles.